The number of hydrogen-bond acceptors (Lipinski definition) is 5. The molecular weight excluding hydrogens is 380 g/mol. The number of nitrogens with one attached hydrogen (secondary N) is 1. The van der Waals surface area contributed by atoms with E-state index in [1.807, 2.05) is 62.4 Å². The second kappa shape index (κ2) is 8.98. The van der Waals surface area contributed by atoms with Gasteiger partial charge in [0.05, 0.1) is 6.61 Å². The first kappa shape index (κ1) is 19.9. The van der Waals surface area contributed by atoms with E-state index >= 15 is 0 Å². The number of aryl methyl sites for hydroxylation is 1. The van der Waals surface area contributed by atoms with Gasteiger partial charge in [-0.2, -0.15) is 4.98 Å². The molecule has 0 saturated carbocycles. The fourth-order valence-corrected chi connectivity index (χ4v) is 3.70. The molecule has 2 aromatic carbocycles. The van der Waals surface area contributed by atoms with Crippen LogP contribution in [0.4, 0.5) is 10.5 Å². The van der Waals surface area contributed by atoms with Crippen molar-refractivity contribution in [3.8, 4) is 17.1 Å². The van der Waals surface area contributed by atoms with Crippen LogP contribution in [-0.4, -0.2) is 34.2 Å². The van der Waals surface area contributed by atoms with Crippen molar-refractivity contribution in [3.63, 3.8) is 0 Å². The highest BCUT2D eigenvalue weighted by Crippen LogP contribution is 2.32. The molecule has 1 aromatic heterocycles. The zero-order valence-corrected chi connectivity index (χ0v) is 17.3. The third kappa shape index (κ3) is 4.45. The number of ether oxygens (including phenoxy) is 1. The molecule has 156 valence electrons. The molecule has 0 bridgehead atoms. The lowest BCUT2D eigenvalue weighted by molar-refractivity contribution is 0.142. The number of amides is 2. The number of likely N-dealkylation sites (tertiary alicyclic amines) is 1. The first-order chi connectivity index (χ1) is 14.6. The van der Waals surface area contributed by atoms with Crippen molar-refractivity contribution in [1.29, 1.82) is 0 Å². The van der Waals surface area contributed by atoms with Crippen LogP contribution in [0.2, 0.25) is 0 Å². The van der Waals surface area contributed by atoms with Crippen LogP contribution in [0.5, 0.6) is 5.75 Å². The Morgan fingerprint density at radius 3 is 2.83 bits per heavy atom. The number of hydrogen-bond donors (Lipinski definition) is 1. The molecule has 2 amide bonds. The van der Waals surface area contributed by atoms with Gasteiger partial charge in [-0.1, -0.05) is 28.9 Å². The van der Waals surface area contributed by atoms with Crippen LogP contribution >= 0.6 is 0 Å². The van der Waals surface area contributed by atoms with Gasteiger partial charge in [0.15, 0.2) is 0 Å². The van der Waals surface area contributed by atoms with Gasteiger partial charge < -0.3 is 19.5 Å². The molecule has 7 nitrogen and oxygen atoms in total. The maximum Gasteiger partial charge on any atom is 0.322 e. The average Bonchev–Trinajstić information content (AvgIpc) is 3.25. The Kier molecular flexibility index (Phi) is 5.97. The van der Waals surface area contributed by atoms with E-state index in [-0.39, 0.29) is 12.1 Å². The lowest BCUT2D eigenvalue weighted by atomic mass is 10.0. The van der Waals surface area contributed by atoms with Crippen molar-refractivity contribution < 1.29 is 14.1 Å². The number of carbonyl (C=O) groups excluding carboxylic acids is 1. The predicted molar refractivity (Wildman–Crippen MR) is 114 cm³/mol. The third-order valence-corrected chi connectivity index (χ3v) is 5.18. The zero-order valence-electron chi connectivity index (χ0n) is 17.3. The minimum atomic E-state index is -0.229. The van der Waals surface area contributed by atoms with Gasteiger partial charge in [0.2, 0.25) is 11.7 Å². The molecule has 3 aromatic rings. The second-order valence-electron chi connectivity index (χ2n) is 7.42. The summed E-state index contributed by atoms with van der Waals surface area (Å²) in [4.78, 5) is 19.4. The lowest BCUT2D eigenvalue weighted by Crippen LogP contribution is -2.41. The summed E-state index contributed by atoms with van der Waals surface area (Å²) in [6, 6.07) is 14.9. The quantitative estimate of drug-likeness (QED) is 0.630. The fourth-order valence-electron chi connectivity index (χ4n) is 3.70. The minimum Gasteiger partial charge on any atom is -0.494 e. The van der Waals surface area contributed by atoms with Crippen molar-refractivity contribution in [2.75, 3.05) is 18.5 Å². The van der Waals surface area contributed by atoms with Gasteiger partial charge in [-0.05, 0) is 63.4 Å². The minimum absolute atomic E-state index is 0.167. The van der Waals surface area contributed by atoms with E-state index in [0.29, 0.717) is 24.9 Å². The summed E-state index contributed by atoms with van der Waals surface area (Å²) in [5.41, 5.74) is 2.76. The molecular formula is C23H26N4O3. The monoisotopic (exact) mass is 406 g/mol. The van der Waals surface area contributed by atoms with Crippen molar-refractivity contribution in [3.05, 3.63) is 60.0 Å². The van der Waals surface area contributed by atoms with Gasteiger partial charge >= 0.3 is 6.03 Å². The van der Waals surface area contributed by atoms with Gasteiger partial charge in [-0.25, -0.2) is 4.79 Å². The summed E-state index contributed by atoms with van der Waals surface area (Å²) in [6.45, 7) is 5.22. The van der Waals surface area contributed by atoms with Gasteiger partial charge in [0.25, 0.3) is 0 Å². The topological polar surface area (TPSA) is 80.5 Å². The van der Waals surface area contributed by atoms with E-state index in [1.54, 1.807) is 4.90 Å². The smallest absolute Gasteiger partial charge is 0.322 e. The SMILES string of the molecule is CCOc1ccc(NC(=O)N2CCCC[C@@H]2c2nc(-c3cccc(C)c3)no2)cc1. The van der Waals surface area contributed by atoms with Gasteiger partial charge in [-0.3, -0.25) is 0 Å². The molecule has 7 heteroatoms. The number of aromatic nitrogens is 2. The normalized spacial score (nSPS) is 16.3. The number of piperidine rings is 1. The van der Waals surface area contributed by atoms with E-state index in [9.17, 15) is 4.79 Å². The molecule has 2 heterocycles. The largest absolute Gasteiger partial charge is 0.494 e. The highest BCUT2D eigenvalue weighted by Gasteiger charge is 2.32. The van der Waals surface area contributed by atoms with Gasteiger partial charge in [-0.15, -0.1) is 0 Å². The van der Waals surface area contributed by atoms with Crippen LogP contribution in [0.1, 0.15) is 43.7 Å². The van der Waals surface area contributed by atoms with E-state index in [1.165, 1.54) is 0 Å². The highest BCUT2D eigenvalue weighted by molar-refractivity contribution is 5.89. The Balaban J connectivity index is 1.49. The molecule has 1 N–H and O–H groups in total. The van der Waals surface area contributed by atoms with Gasteiger partial charge in [0.1, 0.15) is 11.8 Å². The number of carbonyl (C=O) groups is 1. The average molecular weight is 406 g/mol. The molecule has 0 radical (unpaired) electrons. The first-order valence-electron chi connectivity index (χ1n) is 10.3. The Labute approximate surface area is 176 Å². The van der Waals surface area contributed by atoms with E-state index in [0.717, 1.165) is 41.8 Å². The standard InChI is InChI=1S/C23H26N4O3/c1-3-29-19-12-10-18(11-13-19)24-23(28)27-14-5-4-9-20(27)22-25-21(26-30-22)17-8-6-7-16(2)15-17/h6-8,10-13,15,20H,3-5,9,14H2,1-2H3,(H,24,28)/t20-/m1/s1. The molecule has 30 heavy (non-hydrogen) atoms. The molecule has 0 unspecified atom stereocenters. The highest BCUT2D eigenvalue weighted by atomic mass is 16.5. The van der Waals surface area contributed by atoms with Crippen LogP contribution in [0.15, 0.2) is 53.1 Å². The Morgan fingerprint density at radius 1 is 1.23 bits per heavy atom. The number of rotatable bonds is 5. The Bertz CT molecular complexity index is 1000. The second-order valence-corrected chi connectivity index (χ2v) is 7.42. The van der Waals surface area contributed by atoms with Crippen LogP contribution in [0.3, 0.4) is 0 Å². The Hall–Kier alpha value is -3.35. The van der Waals surface area contributed by atoms with Crippen LogP contribution in [0.25, 0.3) is 11.4 Å². The van der Waals surface area contributed by atoms with E-state index < -0.39 is 0 Å². The molecule has 1 fully saturated rings. The summed E-state index contributed by atoms with van der Waals surface area (Å²) in [7, 11) is 0. The number of urea groups is 1. The maximum atomic E-state index is 13.0. The van der Waals surface area contributed by atoms with Crippen molar-refractivity contribution >= 4 is 11.7 Å². The zero-order chi connectivity index (χ0) is 20.9. The van der Waals surface area contributed by atoms with Crippen molar-refractivity contribution in [2.24, 2.45) is 0 Å². The van der Waals surface area contributed by atoms with E-state index in [2.05, 4.69) is 15.5 Å². The molecule has 4 rings (SSSR count). The summed E-state index contributed by atoms with van der Waals surface area (Å²) < 4.78 is 11.0. The Morgan fingerprint density at radius 2 is 2.07 bits per heavy atom. The summed E-state index contributed by atoms with van der Waals surface area (Å²) in [5, 5.41) is 7.12. The molecule has 1 atom stereocenters. The maximum absolute atomic E-state index is 13.0. The van der Waals surface area contributed by atoms with Crippen LogP contribution in [-0.2, 0) is 0 Å². The fraction of sp³-hybridized carbons (Fsp3) is 0.348. The summed E-state index contributed by atoms with van der Waals surface area (Å²) >= 11 is 0. The summed E-state index contributed by atoms with van der Waals surface area (Å²) in [5.74, 6) is 1.81. The lowest BCUT2D eigenvalue weighted by Gasteiger charge is -2.33. The number of benzene rings is 2. The molecule has 0 aliphatic carbocycles. The molecule has 1 aliphatic rings. The number of nitrogens with zero attached hydrogens (tertiary/aromatic N) is 3. The van der Waals surface area contributed by atoms with Gasteiger partial charge in [0, 0.05) is 17.8 Å². The van der Waals surface area contributed by atoms with Crippen LogP contribution in [0, 0.1) is 6.92 Å². The molecule has 1 saturated heterocycles. The third-order valence-electron chi connectivity index (χ3n) is 5.18. The van der Waals surface area contributed by atoms with E-state index in [4.69, 9.17) is 9.26 Å². The molecule has 1 aliphatic heterocycles. The summed E-state index contributed by atoms with van der Waals surface area (Å²) in [6.07, 6.45) is 2.76. The van der Waals surface area contributed by atoms with Crippen LogP contribution < -0.4 is 10.1 Å². The van der Waals surface area contributed by atoms with Crippen molar-refractivity contribution in [1.82, 2.24) is 15.0 Å². The predicted octanol–water partition coefficient (Wildman–Crippen LogP) is 5.20. The molecule has 0 spiro atoms. The number of anilines is 1. The first-order valence-corrected chi connectivity index (χ1v) is 10.3. The van der Waals surface area contributed by atoms with Crippen molar-refractivity contribution in [2.45, 2.75) is 39.2 Å².